The van der Waals surface area contributed by atoms with Gasteiger partial charge in [0.1, 0.15) is 4.90 Å². The monoisotopic (exact) mass is 945 g/mol. The summed E-state index contributed by atoms with van der Waals surface area (Å²) in [4.78, 5) is 19.0. The van der Waals surface area contributed by atoms with Crippen molar-refractivity contribution in [1.29, 1.82) is 0 Å². The van der Waals surface area contributed by atoms with Crippen molar-refractivity contribution in [3.63, 3.8) is 0 Å². The topological polar surface area (TPSA) is 119 Å². The van der Waals surface area contributed by atoms with Crippen molar-refractivity contribution in [3.8, 4) is 0 Å². The lowest BCUT2D eigenvalue weighted by molar-refractivity contribution is -0.0435. The van der Waals surface area contributed by atoms with Gasteiger partial charge in [-0.05, 0) is 123 Å². The molecule has 4 aromatic carbocycles. The fourth-order valence-electron chi connectivity index (χ4n) is 7.96. The van der Waals surface area contributed by atoms with E-state index in [0.717, 1.165) is 86.4 Å². The van der Waals surface area contributed by atoms with Crippen LogP contribution in [0.25, 0.3) is 5.57 Å². The normalized spacial score (nSPS) is 16.2. The number of piperazine rings is 1. The number of hydrogen-bond donors (Lipinski definition) is 2. The first-order valence-electron chi connectivity index (χ1n) is 21.3. The molecule has 0 aromatic heterocycles. The number of benzene rings is 4. The summed E-state index contributed by atoms with van der Waals surface area (Å²) in [5, 5.41) is 3.71. The highest BCUT2D eigenvalue weighted by Gasteiger charge is 2.48. The van der Waals surface area contributed by atoms with E-state index >= 15 is 0 Å². The summed E-state index contributed by atoms with van der Waals surface area (Å²) in [6, 6.07) is 25.9. The molecule has 1 heterocycles. The Kier molecular flexibility index (Phi) is 16.7. The van der Waals surface area contributed by atoms with Gasteiger partial charge in [0, 0.05) is 72.2 Å². The predicted octanol–water partition coefficient (Wildman–Crippen LogP) is 9.60. The molecule has 0 spiro atoms. The second-order valence-corrected chi connectivity index (χ2v) is 20.9. The van der Waals surface area contributed by atoms with Crippen LogP contribution in [0.3, 0.4) is 0 Å². The Bertz CT molecular complexity index is 2410. The molecule has 1 atom stereocenters. The van der Waals surface area contributed by atoms with E-state index in [0.29, 0.717) is 24.8 Å². The smallest absolute Gasteiger partial charge is 0.380 e. The Morgan fingerprint density at radius 3 is 2.16 bits per heavy atom. The molecule has 0 unspecified atom stereocenters. The molecule has 63 heavy (non-hydrogen) atoms. The molecule has 2 N–H and O–H groups in total. The van der Waals surface area contributed by atoms with Gasteiger partial charge in [0.05, 0.1) is 10.6 Å². The number of halogens is 4. The molecule has 0 saturated carbocycles. The van der Waals surface area contributed by atoms with E-state index < -0.39 is 52.8 Å². The first-order chi connectivity index (χ1) is 30.1. The highest BCUT2D eigenvalue weighted by atomic mass is 35.5. The number of sulfonamides is 1. The van der Waals surface area contributed by atoms with Crippen LogP contribution in [0.4, 0.5) is 24.5 Å². The molecule has 6 rings (SSSR count). The number of allylic oxidation sites excluding steroid dienone is 1. The van der Waals surface area contributed by atoms with Crippen LogP contribution in [0.1, 0.15) is 68.3 Å². The zero-order valence-electron chi connectivity index (χ0n) is 35.5. The van der Waals surface area contributed by atoms with Gasteiger partial charge in [0.25, 0.3) is 25.8 Å². The van der Waals surface area contributed by atoms with E-state index in [9.17, 15) is 34.8 Å². The molecule has 2 aliphatic rings. The highest BCUT2D eigenvalue weighted by molar-refractivity contribution is 7.99. The maximum absolute atomic E-state index is 14.1. The minimum Gasteiger partial charge on any atom is -0.380 e. The van der Waals surface area contributed by atoms with Gasteiger partial charge in [-0.25, -0.2) is 21.6 Å². The van der Waals surface area contributed by atoms with Gasteiger partial charge >= 0.3 is 5.51 Å². The van der Waals surface area contributed by atoms with Gasteiger partial charge in [-0.1, -0.05) is 67.8 Å². The Balaban J connectivity index is 1.13. The molecular weight excluding hydrogens is 891 g/mol. The van der Waals surface area contributed by atoms with Crippen molar-refractivity contribution < 1.29 is 34.8 Å². The van der Waals surface area contributed by atoms with E-state index in [4.69, 9.17) is 11.6 Å². The van der Waals surface area contributed by atoms with Crippen molar-refractivity contribution in [2.24, 2.45) is 0 Å². The molecule has 17 heteroatoms. The van der Waals surface area contributed by atoms with Gasteiger partial charge in [0.2, 0.25) is 0 Å². The maximum atomic E-state index is 14.1. The molecule has 1 amide bonds. The van der Waals surface area contributed by atoms with E-state index in [1.165, 1.54) is 59.9 Å². The van der Waals surface area contributed by atoms with E-state index in [1.54, 1.807) is 12.1 Å². The van der Waals surface area contributed by atoms with Gasteiger partial charge in [-0.3, -0.25) is 9.69 Å². The summed E-state index contributed by atoms with van der Waals surface area (Å²) in [6.45, 7) is 10.1. The quantitative estimate of drug-likeness (QED) is 0.0935. The predicted molar refractivity (Wildman–Crippen MR) is 248 cm³/mol. The fourth-order valence-corrected chi connectivity index (χ4v) is 11.1. The van der Waals surface area contributed by atoms with Crippen molar-refractivity contribution >= 4 is 66.1 Å². The van der Waals surface area contributed by atoms with Gasteiger partial charge < -0.3 is 15.1 Å². The number of nitrogens with one attached hydrogen (secondary N) is 2. The van der Waals surface area contributed by atoms with Crippen molar-refractivity contribution in [1.82, 2.24) is 14.5 Å². The van der Waals surface area contributed by atoms with E-state index in [-0.39, 0.29) is 5.56 Å². The minimum absolute atomic E-state index is 0.00405. The average molecular weight is 947 g/mol. The Morgan fingerprint density at radius 2 is 1.51 bits per heavy atom. The molecule has 0 bridgehead atoms. The lowest BCUT2D eigenvalue weighted by atomic mass is 9.95. The third kappa shape index (κ3) is 12.8. The van der Waals surface area contributed by atoms with E-state index in [1.807, 2.05) is 61.0 Å². The van der Waals surface area contributed by atoms with Crippen LogP contribution in [-0.2, 0) is 19.9 Å². The number of thioether (sulfide) groups is 1. The summed E-state index contributed by atoms with van der Waals surface area (Å²) in [5.41, 5.74) is -1.14. The highest BCUT2D eigenvalue weighted by Crippen LogP contribution is 2.37. The number of sulfone groups is 1. The van der Waals surface area contributed by atoms with Crippen LogP contribution in [0.15, 0.2) is 117 Å². The zero-order chi connectivity index (χ0) is 45.2. The van der Waals surface area contributed by atoms with Crippen LogP contribution >= 0.6 is 23.4 Å². The third-order valence-corrected chi connectivity index (χ3v) is 15.9. The molecule has 340 valence electrons. The molecule has 1 saturated heterocycles. The molecule has 1 fully saturated rings. The minimum atomic E-state index is -6.04. The third-order valence-electron chi connectivity index (χ3n) is 11.6. The second-order valence-electron chi connectivity index (χ2n) is 15.8. The average Bonchev–Trinajstić information content (AvgIpc) is 3.51. The molecule has 4 aromatic rings. The zero-order valence-corrected chi connectivity index (χ0v) is 38.7. The molecular formula is C46H55ClF3N5O5S3. The number of carbonyl (C=O) groups is 1. The SMILES string of the molecule is CCN(CC)CC[C@H](CSc1ccccc1)Nc1ccc(S(=O)(=O)NC(=O)c2ccc(N3CCN(CC4=C(c5ccc(Cl)cc5)CCCCC4)CC3)cc2)cc1S(=O)(=O)C(F)(F)F. The van der Waals surface area contributed by atoms with Crippen LogP contribution in [0, 0.1) is 0 Å². The number of hydrogen-bond acceptors (Lipinski definition) is 10. The van der Waals surface area contributed by atoms with Crippen molar-refractivity contribution in [3.05, 3.63) is 119 Å². The largest absolute Gasteiger partial charge is 0.501 e. The van der Waals surface area contributed by atoms with Gasteiger partial charge in [0.15, 0.2) is 0 Å². The Hall–Kier alpha value is -4.06. The number of anilines is 2. The summed E-state index contributed by atoms with van der Waals surface area (Å²) < 4.78 is 97.4. The summed E-state index contributed by atoms with van der Waals surface area (Å²) in [6.07, 6.45) is 6.13. The number of nitrogens with zero attached hydrogens (tertiary/aromatic N) is 3. The lowest BCUT2D eigenvalue weighted by Gasteiger charge is -2.37. The van der Waals surface area contributed by atoms with Crippen LogP contribution in [0.5, 0.6) is 0 Å². The summed E-state index contributed by atoms with van der Waals surface area (Å²) in [7, 11) is -10.9. The summed E-state index contributed by atoms with van der Waals surface area (Å²) >= 11 is 7.63. The Labute approximate surface area is 379 Å². The maximum Gasteiger partial charge on any atom is 0.501 e. The van der Waals surface area contributed by atoms with Crippen molar-refractivity contribution in [2.75, 3.05) is 68.3 Å². The number of alkyl halides is 3. The summed E-state index contributed by atoms with van der Waals surface area (Å²) in [5.74, 6) is -0.635. The lowest BCUT2D eigenvalue weighted by Crippen LogP contribution is -2.47. The Morgan fingerprint density at radius 1 is 0.841 bits per heavy atom. The van der Waals surface area contributed by atoms with Crippen LogP contribution in [-0.4, -0.2) is 102 Å². The first kappa shape index (κ1) is 48.4. The number of carbonyl (C=O) groups excluding carboxylic acids is 1. The first-order valence-corrected chi connectivity index (χ1v) is 25.6. The van der Waals surface area contributed by atoms with E-state index in [2.05, 4.69) is 32.1 Å². The molecule has 0 radical (unpaired) electrons. The molecule has 1 aliphatic heterocycles. The van der Waals surface area contributed by atoms with Crippen LogP contribution in [0.2, 0.25) is 5.02 Å². The second kappa shape index (κ2) is 21.7. The van der Waals surface area contributed by atoms with Crippen LogP contribution < -0.4 is 14.9 Å². The molecule has 1 aliphatic carbocycles. The fraction of sp³-hybridized carbons (Fsp3) is 0.413. The number of rotatable bonds is 18. The molecule has 10 nitrogen and oxygen atoms in total. The van der Waals surface area contributed by atoms with Gasteiger partial charge in [-0.15, -0.1) is 11.8 Å². The van der Waals surface area contributed by atoms with Gasteiger partial charge in [-0.2, -0.15) is 13.2 Å². The number of amides is 1. The van der Waals surface area contributed by atoms with Crippen molar-refractivity contribution in [2.45, 2.75) is 78.6 Å². The standard InChI is InChI=1S/C46H55ClF3N5O5S3/c1-3-53(4-2)26-25-38(33-61-40-12-8-6-9-13-40)51-43-24-23-41(31-44(43)62(57,58)46(48,49)50)63(59,60)52-45(56)35-17-21-39(22-18-35)55-29-27-54(28-30-55)32-36-11-7-5-10-14-42(36)34-15-19-37(47)20-16-34/h6,8-9,12-13,15-24,31,38,51H,3-5,7,10-11,14,25-30,32-33H2,1-2H3,(H,52,56)/t38-/m1/s1.